The number of amidine groups is 1. The van der Waals surface area contributed by atoms with Gasteiger partial charge in [0.25, 0.3) is 6.23 Å². The lowest BCUT2D eigenvalue weighted by molar-refractivity contribution is -0.135. The van der Waals surface area contributed by atoms with Crippen LogP contribution in [0.2, 0.25) is 10.0 Å². The number of nitrogens with zero attached hydrogens (tertiary/aromatic N) is 3. The Labute approximate surface area is 173 Å². The average molecular weight is 422 g/mol. The van der Waals surface area contributed by atoms with E-state index in [0.29, 0.717) is 11.4 Å². The number of hydrogen-bond donors (Lipinski definition) is 1. The summed E-state index contributed by atoms with van der Waals surface area (Å²) in [5.74, 6) is 0.129. The fourth-order valence-corrected chi connectivity index (χ4v) is 3.45. The summed E-state index contributed by atoms with van der Waals surface area (Å²) >= 11 is 12.0. The lowest BCUT2D eigenvalue weighted by Crippen LogP contribution is -2.43. The lowest BCUT2D eigenvalue weighted by Gasteiger charge is -2.22. The molecule has 0 saturated heterocycles. The Morgan fingerprint density at radius 1 is 1.25 bits per heavy atom. The molecule has 28 heavy (non-hydrogen) atoms. The Balaban J connectivity index is 1.59. The number of Topliss-reactive ketones (excluding diaryl/α,β-unsaturated/α-hetero) is 1. The van der Waals surface area contributed by atoms with Crippen molar-refractivity contribution >= 4 is 34.8 Å². The van der Waals surface area contributed by atoms with E-state index < -0.39 is 6.23 Å². The number of carbonyl (C=O) groups is 1. The molecule has 8 heteroatoms. The fourth-order valence-electron chi connectivity index (χ4n) is 2.96. The number of oxime groups is 1. The van der Waals surface area contributed by atoms with Crippen molar-refractivity contribution in [3.63, 3.8) is 0 Å². The first-order chi connectivity index (χ1) is 13.4. The summed E-state index contributed by atoms with van der Waals surface area (Å²) < 4.78 is 0. The van der Waals surface area contributed by atoms with Crippen LogP contribution in [0.4, 0.5) is 0 Å². The number of aromatic hydroxyl groups is 1. The van der Waals surface area contributed by atoms with E-state index in [1.165, 1.54) is 17.7 Å². The minimum absolute atomic E-state index is 0.104. The van der Waals surface area contributed by atoms with E-state index in [-0.39, 0.29) is 28.1 Å². The first kappa shape index (κ1) is 20.5. The zero-order valence-corrected chi connectivity index (χ0v) is 17.1. The molecule has 1 N–H and O–H groups in total. The van der Waals surface area contributed by atoms with Crippen LogP contribution in [0.15, 0.2) is 47.6 Å². The summed E-state index contributed by atoms with van der Waals surface area (Å²) in [7, 11) is 3.62. The smallest absolute Gasteiger partial charge is 0.261 e. The van der Waals surface area contributed by atoms with Crippen LogP contribution in [0, 0.1) is 0 Å². The van der Waals surface area contributed by atoms with Gasteiger partial charge in [0.05, 0.1) is 16.6 Å². The summed E-state index contributed by atoms with van der Waals surface area (Å²) in [5.41, 5.74) is 1.78. The third-order valence-electron chi connectivity index (χ3n) is 4.53. The molecule has 0 aromatic heterocycles. The van der Waals surface area contributed by atoms with E-state index in [1.54, 1.807) is 11.9 Å². The molecule has 1 aliphatic heterocycles. The minimum Gasteiger partial charge on any atom is -0.505 e. The quantitative estimate of drug-likeness (QED) is 0.741. The van der Waals surface area contributed by atoms with Gasteiger partial charge in [-0.25, -0.2) is 0 Å². The topological polar surface area (TPSA) is 65.4 Å². The number of rotatable bonds is 7. The molecule has 0 radical (unpaired) electrons. The van der Waals surface area contributed by atoms with Crippen molar-refractivity contribution in [3.05, 3.63) is 63.6 Å². The molecule has 6 nitrogen and oxygen atoms in total. The van der Waals surface area contributed by atoms with Gasteiger partial charge in [0.1, 0.15) is 0 Å². The molecular formula is C20H21Cl2N3O3. The van der Waals surface area contributed by atoms with Gasteiger partial charge in [-0.2, -0.15) is 0 Å². The molecule has 1 atom stereocenters. The zero-order valence-electron chi connectivity index (χ0n) is 15.6. The van der Waals surface area contributed by atoms with E-state index >= 15 is 0 Å². The standard InChI is InChI=1S/C20H21Cl2N3O3/c1-24(9-8-13-6-4-3-5-7-13)12-17(26)20-25(2)19(23-28-20)14-10-15(21)18(27)16(22)11-14/h3-7,10-11,20,27H,8-9,12H2,1-2H3. The maximum Gasteiger partial charge on any atom is 0.261 e. The number of halogens is 2. The third kappa shape index (κ3) is 4.58. The van der Waals surface area contributed by atoms with Gasteiger partial charge in [-0.05, 0) is 31.2 Å². The van der Waals surface area contributed by atoms with Crippen molar-refractivity contribution in [1.82, 2.24) is 9.80 Å². The Morgan fingerprint density at radius 3 is 2.54 bits per heavy atom. The minimum atomic E-state index is -0.819. The Kier molecular flexibility index (Phi) is 6.44. The summed E-state index contributed by atoms with van der Waals surface area (Å²) in [4.78, 5) is 21.6. The van der Waals surface area contributed by atoms with Gasteiger partial charge >= 0.3 is 0 Å². The van der Waals surface area contributed by atoms with Gasteiger partial charge in [0, 0.05) is 19.2 Å². The maximum atomic E-state index is 12.7. The van der Waals surface area contributed by atoms with Crippen LogP contribution < -0.4 is 0 Å². The number of phenolic OH excluding ortho intramolecular Hbond substituents is 1. The van der Waals surface area contributed by atoms with Crippen LogP contribution >= 0.6 is 23.2 Å². The van der Waals surface area contributed by atoms with Crippen LogP contribution in [0.25, 0.3) is 0 Å². The Bertz CT molecular complexity index is 867. The normalized spacial score (nSPS) is 16.2. The molecule has 2 aromatic rings. The average Bonchev–Trinajstić information content (AvgIpc) is 3.06. The van der Waals surface area contributed by atoms with E-state index in [0.717, 1.165) is 13.0 Å². The van der Waals surface area contributed by atoms with E-state index in [2.05, 4.69) is 17.3 Å². The largest absolute Gasteiger partial charge is 0.505 e. The highest BCUT2D eigenvalue weighted by Gasteiger charge is 2.34. The second-order valence-corrected chi connectivity index (χ2v) is 7.53. The second-order valence-electron chi connectivity index (χ2n) is 6.71. The number of carbonyl (C=O) groups excluding carboxylic acids is 1. The molecule has 0 saturated carbocycles. The van der Waals surface area contributed by atoms with E-state index in [4.69, 9.17) is 28.0 Å². The molecule has 148 valence electrons. The summed E-state index contributed by atoms with van der Waals surface area (Å²) in [6, 6.07) is 13.2. The first-order valence-electron chi connectivity index (χ1n) is 8.77. The summed E-state index contributed by atoms with van der Waals surface area (Å²) in [5, 5.41) is 13.9. The van der Waals surface area contributed by atoms with Crippen LogP contribution in [0.1, 0.15) is 11.1 Å². The summed E-state index contributed by atoms with van der Waals surface area (Å²) in [6.07, 6.45) is 0.0404. The molecule has 1 unspecified atom stereocenters. The third-order valence-corrected chi connectivity index (χ3v) is 5.10. The molecule has 0 bridgehead atoms. The van der Waals surface area contributed by atoms with Crippen LogP contribution in [-0.4, -0.2) is 59.9 Å². The Hall–Kier alpha value is -2.28. The van der Waals surface area contributed by atoms with Gasteiger partial charge < -0.3 is 14.8 Å². The zero-order chi connectivity index (χ0) is 20.3. The fraction of sp³-hybridized carbons (Fsp3) is 0.300. The lowest BCUT2D eigenvalue weighted by atomic mass is 10.1. The number of likely N-dealkylation sites (N-methyl/N-ethyl adjacent to an activating group) is 2. The number of ketones is 1. The van der Waals surface area contributed by atoms with Gasteiger partial charge in [-0.15, -0.1) is 0 Å². The molecule has 0 fully saturated rings. The molecular weight excluding hydrogens is 401 g/mol. The number of hydrogen-bond acceptors (Lipinski definition) is 6. The molecule has 2 aromatic carbocycles. The SMILES string of the molecule is CN(CCc1ccccc1)CC(=O)C1ON=C(c2cc(Cl)c(O)c(Cl)c2)N1C. The molecule has 3 rings (SSSR count). The molecule has 0 aliphatic carbocycles. The van der Waals surface area contributed by atoms with Gasteiger partial charge in [0.15, 0.2) is 11.6 Å². The number of phenols is 1. The maximum absolute atomic E-state index is 12.7. The van der Waals surface area contributed by atoms with E-state index in [1.807, 2.05) is 30.1 Å². The predicted octanol–water partition coefficient (Wildman–Crippen LogP) is 3.39. The predicted molar refractivity (Wildman–Crippen MR) is 110 cm³/mol. The van der Waals surface area contributed by atoms with Gasteiger partial charge in [-0.1, -0.05) is 58.7 Å². The van der Waals surface area contributed by atoms with Crippen molar-refractivity contribution in [2.75, 3.05) is 27.2 Å². The molecule has 0 amide bonds. The van der Waals surface area contributed by atoms with Crippen molar-refractivity contribution in [3.8, 4) is 5.75 Å². The highest BCUT2D eigenvalue weighted by Crippen LogP contribution is 2.34. The van der Waals surface area contributed by atoms with Crippen molar-refractivity contribution in [2.45, 2.75) is 12.6 Å². The van der Waals surface area contributed by atoms with E-state index in [9.17, 15) is 9.90 Å². The molecule has 1 aliphatic rings. The molecule has 0 spiro atoms. The second kappa shape index (κ2) is 8.82. The van der Waals surface area contributed by atoms with Crippen molar-refractivity contribution < 1.29 is 14.7 Å². The van der Waals surface area contributed by atoms with Crippen LogP contribution in [-0.2, 0) is 16.1 Å². The van der Waals surface area contributed by atoms with Gasteiger partial charge in [-0.3, -0.25) is 9.69 Å². The Morgan fingerprint density at radius 2 is 1.89 bits per heavy atom. The number of benzene rings is 2. The van der Waals surface area contributed by atoms with Crippen molar-refractivity contribution in [1.29, 1.82) is 0 Å². The molecule has 1 heterocycles. The van der Waals surface area contributed by atoms with Gasteiger partial charge in [0.2, 0.25) is 5.78 Å². The summed E-state index contributed by atoms with van der Waals surface area (Å²) in [6.45, 7) is 0.991. The highest BCUT2D eigenvalue weighted by atomic mass is 35.5. The van der Waals surface area contributed by atoms with Crippen molar-refractivity contribution in [2.24, 2.45) is 5.16 Å². The highest BCUT2D eigenvalue weighted by molar-refractivity contribution is 6.37. The van der Waals surface area contributed by atoms with Crippen LogP contribution in [0.3, 0.4) is 0 Å². The van der Waals surface area contributed by atoms with Crippen LogP contribution in [0.5, 0.6) is 5.75 Å². The first-order valence-corrected chi connectivity index (χ1v) is 9.52. The monoisotopic (exact) mass is 421 g/mol.